The minimum atomic E-state index is -3.62. The van der Waals surface area contributed by atoms with E-state index < -0.39 is 10.2 Å². The predicted octanol–water partition coefficient (Wildman–Crippen LogP) is 0.653. The highest BCUT2D eigenvalue weighted by Crippen LogP contribution is 2.24. The molecular formula is C9H13ClN4O3S. The molecule has 0 aliphatic carbocycles. The Morgan fingerprint density at radius 3 is 2.56 bits per heavy atom. The lowest BCUT2D eigenvalue weighted by Crippen LogP contribution is -2.29. The fraction of sp³-hybridized carbons (Fsp3) is 0.222. The molecule has 1 rings (SSSR count). The first kappa shape index (κ1) is 14.6. The molecule has 9 heteroatoms. The van der Waals surface area contributed by atoms with Crippen LogP contribution in [0.15, 0.2) is 23.4 Å². The number of anilines is 1. The van der Waals surface area contributed by atoms with Gasteiger partial charge < -0.3 is 10.9 Å². The zero-order chi connectivity index (χ0) is 13.9. The van der Waals surface area contributed by atoms with Crippen LogP contribution in [0, 0.1) is 0 Å². The number of halogens is 1. The van der Waals surface area contributed by atoms with Gasteiger partial charge in [0, 0.05) is 19.7 Å². The second-order valence-corrected chi connectivity index (χ2v) is 5.86. The maximum atomic E-state index is 11.6. The molecule has 0 fully saturated rings. The van der Waals surface area contributed by atoms with Crippen LogP contribution in [-0.2, 0) is 10.2 Å². The van der Waals surface area contributed by atoms with Gasteiger partial charge in [-0.1, -0.05) is 16.8 Å². The maximum Gasteiger partial charge on any atom is 0.301 e. The Morgan fingerprint density at radius 1 is 1.50 bits per heavy atom. The first-order valence-corrected chi connectivity index (χ1v) is 6.57. The van der Waals surface area contributed by atoms with Crippen molar-refractivity contribution in [2.45, 2.75) is 0 Å². The Bertz CT molecular complexity index is 571. The topological polar surface area (TPSA) is 108 Å². The van der Waals surface area contributed by atoms with Crippen molar-refractivity contribution in [3.63, 3.8) is 0 Å². The van der Waals surface area contributed by atoms with Crippen LogP contribution in [0.3, 0.4) is 0 Å². The minimum absolute atomic E-state index is 0.112. The average molecular weight is 293 g/mol. The van der Waals surface area contributed by atoms with Gasteiger partial charge in [-0.2, -0.15) is 12.7 Å². The average Bonchev–Trinajstić information content (AvgIpc) is 2.30. The molecule has 4 N–H and O–H groups in total. The quantitative estimate of drug-likeness (QED) is 0.328. The third-order valence-corrected chi connectivity index (χ3v) is 3.84. The highest BCUT2D eigenvalue weighted by molar-refractivity contribution is 7.90. The normalized spacial score (nSPS) is 12.8. The Morgan fingerprint density at radius 2 is 2.11 bits per heavy atom. The second kappa shape index (κ2) is 5.42. The highest BCUT2D eigenvalue weighted by atomic mass is 35.5. The van der Waals surface area contributed by atoms with Crippen molar-refractivity contribution in [2.75, 3.05) is 18.8 Å². The molecule has 0 aliphatic heterocycles. The van der Waals surface area contributed by atoms with E-state index in [1.165, 1.54) is 32.3 Å². The van der Waals surface area contributed by atoms with E-state index >= 15 is 0 Å². The molecule has 0 amide bonds. The summed E-state index contributed by atoms with van der Waals surface area (Å²) >= 11 is 5.90. The molecule has 100 valence electrons. The van der Waals surface area contributed by atoms with E-state index in [1.54, 1.807) is 0 Å². The second-order valence-electron chi connectivity index (χ2n) is 3.57. The van der Waals surface area contributed by atoms with E-state index in [0.717, 1.165) is 4.31 Å². The number of oxime groups is 1. The van der Waals surface area contributed by atoms with Crippen molar-refractivity contribution >= 4 is 33.3 Å². The van der Waals surface area contributed by atoms with E-state index in [4.69, 9.17) is 22.5 Å². The smallest absolute Gasteiger partial charge is 0.301 e. The SMILES string of the molecule is CN(C)S(=O)(=O)Nc1ccc(/C(N)=N/O)cc1Cl. The van der Waals surface area contributed by atoms with Crippen LogP contribution in [0.25, 0.3) is 0 Å². The molecule has 0 aliphatic rings. The van der Waals surface area contributed by atoms with Gasteiger partial charge >= 0.3 is 10.2 Å². The van der Waals surface area contributed by atoms with Gasteiger partial charge in [-0.15, -0.1) is 0 Å². The lowest BCUT2D eigenvalue weighted by atomic mass is 10.2. The van der Waals surface area contributed by atoms with Crippen molar-refractivity contribution in [1.82, 2.24) is 4.31 Å². The number of nitrogens with two attached hydrogens (primary N) is 1. The molecule has 0 saturated carbocycles. The van der Waals surface area contributed by atoms with Crippen LogP contribution in [0.5, 0.6) is 0 Å². The van der Waals surface area contributed by atoms with Gasteiger partial charge in [-0.25, -0.2) is 0 Å². The summed E-state index contributed by atoms with van der Waals surface area (Å²) in [5.41, 5.74) is 5.98. The van der Waals surface area contributed by atoms with E-state index in [-0.39, 0.29) is 16.5 Å². The number of hydrogen-bond acceptors (Lipinski definition) is 4. The summed E-state index contributed by atoms with van der Waals surface area (Å²) in [7, 11) is -0.845. The Kier molecular flexibility index (Phi) is 4.38. The maximum absolute atomic E-state index is 11.6. The molecule has 0 heterocycles. The predicted molar refractivity (Wildman–Crippen MR) is 70.2 cm³/mol. The summed E-state index contributed by atoms with van der Waals surface area (Å²) in [4.78, 5) is 0. The first-order valence-electron chi connectivity index (χ1n) is 4.75. The lowest BCUT2D eigenvalue weighted by Gasteiger charge is -2.14. The fourth-order valence-corrected chi connectivity index (χ4v) is 1.97. The van der Waals surface area contributed by atoms with E-state index in [2.05, 4.69) is 9.88 Å². The van der Waals surface area contributed by atoms with Crippen molar-refractivity contribution in [3.8, 4) is 0 Å². The van der Waals surface area contributed by atoms with Crippen molar-refractivity contribution < 1.29 is 13.6 Å². The van der Waals surface area contributed by atoms with Crippen molar-refractivity contribution in [2.24, 2.45) is 10.9 Å². The van der Waals surface area contributed by atoms with Gasteiger partial charge in [0.05, 0.1) is 10.7 Å². The van der Waals surface area contributed by atoms with Crippen LogP contribution in [0.4, 0.5) is 5.69 Å². The van der Waals surface area contributed by atoms with Gasteiger partial charge in [0.1, 0.15) is 0 Å². The van der Waals surface area contributed by atoms with E-state index in [0.29, 0.717) is 5.56 Å². The Balaban J connectivity index is 3.08. The Hall–Kier alpha value is -1.51. The summed E-state index contributed by atoms with van der Waals surface area (Å²) in [6.07, 6.45) is 0. The van der Waals surface area contributed by atoms with Crippen LogP contribution in [0.2, 0.25) is 5.02 Å². The minimum Gasteiger partial charge on any atom is -0.409 e. The fourth-order valence-electron chi connectivity index (χ4n) is 1.05. The molecule has 18 heavy (non-hydrogen) atoms. The van der Waals surface area contributed by atoms with E-state index in [9.17, 15) is 8.42 Å². The highest BCUT2D eigenvalue weighted by Gasteiger charge is 2.15. The van der Waals surface area contributed by atoms with Crippen LogP contribution >= 0.6 is 11.6 Å². The number of benzene rings is 1. The summed E-state index contributed by atoms with van der Waals surface area (Å²) in [5.74, 6) is -0.112. The monoisotopic (exact) mass is 292 g/mol. The summed E-state index contributed by atoms with van der Waals surface area (Å²) < 4.78 is 26.5. The van der Waals surface area contributed by atoms with Gasteiger partial charge in [-0.05, 0) is 18.2 Å². The third kappa shape index (κ3) is 3.25. The number of rotatable bonds is 4. The summed E-state index contributed by atoms with van der Waals surface area (Å²) in [6, 6.07) is 4.30. The van der Waals surface area contributed by atoms with Crippen LogP contribution in [0.1, 0.15) is 5.56 Å². The zero-order valence-electron chi connectivity index (χ0n) is 9.75. The first-order chi connectivity index (χ1) is 8.27. The van der Waals surface area contributed by atoms with Gasteiger partial charge in [0.2, 0.25) is 0 Å². The van der Waals surface area contributed by atoms with Crippen molar-refractivity contribution in [3.05, 3.63) is 28.8 Å². The third-order valence-electron chi connectivity index (χ3n) is 2.09. The standard InChI is InChI=1S/C9H13ClN4O3S/c1-14(2)18(16,17)13-8-4-3-6(5-7(8)10)9(11)12-15/h3-5,13,15H,1-2H3,(H2,11,12). The molecule has 1 aromatic rings. The summed E-state index contributed by atoms with van der Waals surface area (Å²) in [6.45, 7) is 0. The van der Waals surface area contributed by atoms with Gasteiger partial charge in [0.15, 0.2) is 5.84 Å². The van der Waals surface area contributed by atoms with Gasteiger partial charge in [-0.3, -0.25) is 4.72 Å². The van der Waals surface area contributed by atoms with E-state index in [1.807, 2.05) is 0 Å². The number of nitrogens with zero attached hydrogens (tertiary/aromatic N) is 2. The molecule has 0 saturated heterocycles. The molecule has 0 radical (unpaired) electrons. The number of hydrogen-bond donors (Lipinski definition) is 3. The largest absolute Gasteiger partial charge is 0.409 e. The Labute approximate surface area is 110 Å². The van der Waals surface area contributed by atoms with Crippen molar-refractivity contribution in [1.29, 1.82) is 0 Å². The van der Waals surface area contributed by atoms with Gasteiger partial charge in [0.25, 0.3) is 0 Å². The molecule has 0 bridgehead atoms. The molecule has 0 unspecified atom stereocenters. The molecule has 1 aromatic carbocycles. The number of nitrogens with one attached hydrogen (secondary N) is 1. The number of amidine groups is 1. The lowest BCUT2D eigenvalue weighted by molar-refractivity contribution is 0.318. The molecule has 7 nitrogen and oxygen atoms in total. The van der Waals surface area contributed by atoms with Crippen LogP contribution in [-0.4, -0.2) is 37.9 Å². The molecule has 0 atom stereocenters. The molecular weight excluding hydrogens is 280 g/mol. The molecule has 0 spiro atoms. The summed E-state index contributed by atoms with van der Waals surface area (Å²) in [5, 5.41) is 11.5. The molecule has 0 aromatic heterocycles. The zero-order valence-corrected chi connectivity index (χ0v) is 11.3. The van der Waals surface area contributed by atoms with Crippen LogP contribution < -0.4 is 10.5 Å².